The maximum Gasteiger partial charge on any atom is 0.321 e. The molecule has 0 bridgehead atoms. The van der Waals surface area contributed by atoms with Gasteiger partial charge in [-0.05, 0) is 12.1 Å². The van der Waals surface area contributed by atoms with Crippen molar-refractivity contribution in [2.24, 2.45) is 0 Å². The van der Waals surface area contributed by atoms with Crippen LogP contribution in [0.15, 0.2) is 18.2 Å². The van der Waals surface area contributed by atoms with Crippen LogP contribution in [0.2, 0.25) is 0 Å². The quantitative estimate of drug-likeness (QED) is 0.854. The van der Waals surface area contributed by atoms with Crippen LogP contribution >= 0.6 is 15.9 Å². The number of hydrogen-bond donors (Lipinski definition) is 1. The number of carbonyl (C=O) groups excluding carboxylic acids is 1. The molecule has 1 aromatic rings. The summed E-state index contributed by atoms with van der Waals surface area (Å²) in [5.74, 6) is -1.47. The second-order valence-electron chi connectivity index (χ2n) is 3.16. The van der Waals surface area contributed by atoms with Crippen molar-refractivity contribution in [3.05, 3.63) is 29.8 Å². The lowest BCUT2D eigenvalue weighted by atomic mass is 10.3. The Hall–Kier alpha value is -1.17. The van der Waals surface area contributed by atoms with E-state index in [9.17, 15) is 13.6 Å². The van der Waals surface area contributed by atoms with E-state index in [4.69, 9.17) is 0 Å². The molecular formula is C10H11BrF2N2O. The molecular weight excluding hydrogens is 282 g/mol. The first-order valence-electron chi connectivity index (χ1n) is 4.57. The number of benzene rings is 1. The first-order chi connectivity index (χ1) is 7.54. The number of anilines is 1. The van der Waals surface area contributed by atoms with E-state index in [1.807, 2.05) is 0 Å². The van der Waals surface area contributed by atoms with E-state index in [1.165, 1.54) is 11.0 Å². The average molecular weight is 293 g/mol. The van der Waals surface area contributed by atoms with Gasteiger partial charge in [0.05, 0.1) is 5.69 Å². The lowest BCUT2D eigenvalue weighted by molar-refractivity contribution is 0.225. The summed E-state index contributed by atoms with van der Waals surface area (Å²) < 4.78 is 25.8. The number of halogens is 3. The summed E-state index contributed by atoms with van der Waals surface area (Å²) >= 11 is 3.18. The fraction of sp³-hybridized carbons (Fsp3) is 0.300. The number of rotatable bonds is 3. The molecule has 0 unspecified atom stereocenters. The monoisotopic (exact) mass is 292 g/mol. The van der Waals surface area contributed by atoms with E-state index < -0.39 is 17.7 Å². The van der Waals surface area contributed by atoms with Gasteiger partial charge < -0.3 is 10.2 Å². The Bertz CT molecular complexity index is 387. The van der Waals surface area contributed by atoms with Gasteiger partial charge in [0.1, 0.15) is 11.6 Å². The molecule has 88 valence electrons. The molecule has 16 heavy (non-hydrogen) atoms. The van der Waals surface area contributed by atoms with Gasteiger partial charge in [-0.3, -0.25) is 0 Å². The maximum absolute atomic E-state index is 13.2. The molecule has 3 nitrogen and oxygen atoms in total. The van der Waals surface area contributed by atoms with Crippen LogP contribution in [-0.2, 0) is 0 Å². The molecule has 0 atom stereocenters. The Morgan fingerprint density at radius 1 is 1.50 bits per heavy atom. The van der Waals surface area contributed by atoms with E-state index in [2.05, 4.69) is 21.2 Å². The van der Waals surface area contributed by atoms with Crippen LogP contribution in [0, 0.1) is 11.6 Å². The van der Waals surface area contributed by atoms with Crippen molar-refractivity contribution in [1.29, 1.82) is 0 Å². The van der Waals surface area contributed by atoms with E-state index in [1.54, 1.807) is 7.05 Å². The predicted molar refractivity (Wildman–Crippen MR) is 61.8 cm³/mol. The summed E-state index contributed by atoms with van der Waals surface area (Å²) in [6.45, 7) is 0.495. The summed E-state index contributed by atoms with van der Waals surface area (Å²) in [5.41, 5.74) is -0.0344. The number of carbonyl (C=O) groups is 1. The third-order valence-corrected chi connectivity index (χ3v) is 2.29. The van der Waals surface area contributed by atoms with Gasteiger partial charge in [0.25, 0.3) is 0 Å². The molecule has 0 saturated carbocycles. The summed E-state index contributed by atoms with van der Waals surface area (Å²) in [6, 6.07) is 2.55. The second-order valence-corrected chi connectivity index (χ2v) is 3.96. The Morgan fingerprint density at radius 3 is 2.75 bits per heavy atom. The van der Waals surface area contributed by atoms with Gasteiger partial charge >= 0.3 is 6.03 Å². The number of hydrogen-bond acceptors (Lipinski definition) is 1. The Morgan fingerprint density at radius 2 is 2.19 bits per heavy atom. The Kier molecular flexibility index (Phi) is 4.67. The van der Waals surface area contributed by atoms with Crippen molar-refractivity contribution in [1.82, 2.24) is 4.90 Å². The standard InChI is InChI=1S/C10H11BrF2N2O/c1-15(5-4-11)10(16)14-9-3-2-7(12)6-8(9)13/h2-3,6H,4-5H2,1H3,(H,14,16). The molecule has 0 aliphatic heterocycles. The molecule has 0 radical (unpaired) electrons. The first-order valence-corrected chi connectivity index (χ1v) is 5.70. The molecule has 1 aromatic carbocycles. The summed E-state index contributed by atoms with van der Waals surface area (Å²) in [4.78, 5) is 12.9. The highest BCUT2D eigenvalue weighted by molar-refractivity contribution is 9.09. The predicted octanol–water partition coefficient (Wildman–Crippen LogP) is 2.82. The molecule has 0 spiro atoms. The molecule has 0 heterocycles. The summed E-state index contributed by atoms with van der Waals surface area (Å²) in [5, 5.41) is 2.97. The largest absolute Gasteiger partial charge is 0.327 e. The second kappa shape index (κ2) is 5.79. The van der Waals surface area contributed by atoms with E-state index >= 15 is 0 Å². The van der Waals surface area contributed by atoms with Crippen LogP contribution < -0.4 is 5.32 Å². The van der Waals surface area contributed by atoms with Crippen LogP contribution in [0.4, 0.5) is 19.3 Å². The topological polar surface area (TPSA) is 32.3 Å². The Balaban J connectivity index is 2.69. The summed E-state index contributed by atoms with van der Waals surface area (Å²) in [7, 11) is 1.58. The molecule has 1 rings (SSSR count). The highest BCUT2D eigenvalue weighted by Crippen LogP contribution is 2.15. The Labute approximate surface area is 101 Å². The smallest absolute Gasteiger partial charge is 0.321 e. The van der Waals surface area contributed by atoms with E-state index in [0.29, 0.717) is 11.9 Å². The zero-order chi connectivity index (χ0) is 12.1. The van der Waals surface area contributed by atoms with Crippen LogP contribution in [0.1, 0.15) is 0 Å². The van der Waals surface area contributed by atoms with E-state index in [-0.39, 0.29) is 5.69 Å². The van der Waals surface area contributed by atoms with Gasteiger partial charge in [0.15, 0.2) is 0 Å². The third-order valence-electron chi connectivity index (χ3n) is 1.94. The molecule has 0 fully saturated rings. The number of nitrogens with zero attached hydrogens (tertiary/aromatic N) is 1. The van der Waals surface area contributed by atoms with Gasteiger partial charge in [-0.1, -0.05) is 15.9 Å². The van der Waals surface area contributed by atoms with Crippen molar-refractivity contribution in [3.8, 4) is 0 Å². The molecule has 6 heteroatoms. The van der Waals surface area contributed by atoms with Crippen LogP contribution in [0.5, 0.6) is 0 Å². The molecule has 0 aliphatic rings. The van der Waals surface area contributed by atoms with Crippen molar-refractivity contribution in [2.45, 2.75) is 0 Å². The lowest BCUT2D eigenvalue weighted by Crippen LogP contribution is -2.32. The normalized spacial score (nSPS) is 10.0. The minimum absolute atomic E-state index is 0.0344. The zero-order valence-corrected chi connectivity index (χ0v) is 10.2. The summed E-state index contributed by atoms with van der Waals surface area (Å²) in [6.07, 6.45) is 0. The molecule has 1 N–H and O–H groups in total. The molecule has 0 aliphatic carbocycles. The van der Waals surface area contributed by atoms with E-state index in [0.717, 1.165) is 12.1 Å². The first kappa shape index (κ1) is 12.9. The van der Waals surface area contributed by atoms with Gasteiger partial charge in [-0.2, -0.15) is 0 Å². The van der Waals surface area contributed by atoms with Gasteiger partial charge in [0, 0.05) is 25.0 Å². The maximum atomic E-state index is 13.2. The van der Waals surface area contributed by atoms with Crippen LogP contribution in [0.3, 0.4) is 0 Å². The fourth-order valence-corrected chi connectivity index (χ4v) is 1.56. The highest BCUT2D eigenvalue weighted by atomic mass is 79.9. The highest BCUT2D eigenvalue weighted by Gasteiger charge is 2.11. The van der Waals surface area contributed by atoms with Crippen molar-refractivity contribution in [2.75, 3.05) is 24.2 Å². The molecule has 0 aromatic heterocycles. The fourth-order valence-electron chi connectivity index (χ4n) is 1.03. The molecule has 2 amide bonds. The van der Waals surface area contributed by atoms with Gasteiger partial charge in [0.2, 0.25) is 0 Å². The molecule has 0 saturated heterocycles. The zero-order valence-electron chi connectivity index (χ0n) is 8.64. The third kappa shape index (κ3) is 3.44. The van der Waals surface area contributed by atoms with Crippen molar-refractivity contribution in [3.63, 3.8) is 0 Å². The number of alkyl halides is 1. The van der Waals surface area contributed by atoms with Crippen molar-refractivity contribution >= 4 is 27.6 Å². The van der Waals surface area contributed by atoms with Crippen LogP contribution in [-0.4, -0.2) is 29.9 Å². The van der Waals surface area contributed by atoms with Gasteiger partial charge in [-0.25, -0.2) is 13.6 Å². The minimum atomic E-state index is -0.791. The average Bonchev–Trinajstić information content (AvgIpc) is 2.22. The minimum Gasteiger partial charge on any atom is -0.327 e. The van der Waals surface area contributed by atoms with Gasteiger partial charge in [-0.15, -0.1) is 0 Å². The lowest BCUT2D eigenvalue weighted by Gasteiger charge is -2.16. The SMILES string of the molecule is CN(CCBr)C(=O)Nc1ccc(F)cc1F. The number of nitrogens with one attached hydrogen (secondary N) is 1. The van der Waals surface area contributed by atoms with Crippen LogP contribution in [0.25, 0.3) is 0 Å². The number of urea groups is 1. The van der Waals surface area contributed by atoms with Crippen molar-refractivity contribution < 1.29 is 13.6 Å². The number of amides is 2.